The van der Waals surface area contributed by atoms with Gasteiger partial charge in [-0.05, 0) is 29.8 Å². The first kappa shape index (κ1) is 15.5. The summed E-state index contributed by atoms with van der Waals surface area (Å²) in [7, 11) is 0. The first-order chi connectivity index (χ1) is 11.0. The van der Waals surface area contributed by atoms with E-state index in [4.69, 9.17) is 23.2 Å². The van der Waals surface area contributed by atoms with E-state index >= 15 is 0 Å². The fourth-order valence-corrected chi connectivity index (χ4v) is 2.67. The minimum Gasteiger partial charge on any atom is -0.258 e. The summed E-state index contributed by atoms with van der Waals surface area (Å²) in [4.78, 5) is 15.0. The molecule has 23 heavy (non-hydrogen) atoms. The Morgan fingerprint density at radius 1 is 1.04 bits per heavy atom. The minimum atomic E-state index is -0.432. The maximum Gasteiger partial charge on any atom is 0.295 e. The lowest BCUT2D eigenvalue weighted by Gasteiger charge is -2.01. The van der Waals surface area contributed by atoms with Crippen LogP contribution in [-0.2, 0) is 0 Å². The fourth-order valence-electron chi connectivity index (χ4n) is 2.20. The third kappa shape index (κ3) is 3.33. The van der Waals surface area contributed by atoms with Crippen molar-refractivity contribution in [1.82, 2.24) is 4.98 Å². The van der Waals surface area contributed by atoms with E-state index < -0.39 is 4.92 Å². The molecule has 0 saturated heterocycles. The zero-order valence-corrected chi connectivity index (χ0v) is 13.3. The van der Waals surface area contributed by atoms with Gasteiger partial charge in [-0.2, -0.15) is 0 Å². The molecule has 1 aromatic heterocycles. The summed E-state index contributed by atoms with van der Waals surface area (Å²) < 4.78 is 0. The molecule has 2 aromatic carbocycles. The Morgan fingerprint density at radius 2 is 1.87 bits per heavy atom. The van der Waals surface area contributed by atoms with Crippen molar-refractivity contribution in [3.63, 3.8) is 0 Å². The van der Waals surface area contributed by atoms with Crippen molar-refractivity contribution in [3.8, 4) is 0 Å². The Balaban J connectivity index is 2.02. The van der Waals surface area contributed by atoms with Crippen LogP contribution in [0.2, 0.25) is 10.0 Å². The van der Waals surface area contributed by atoms with Crippen molar-refractivity contribution < 1.29 is 4.92 Å². The Labute approximate surface area is 142 Å². The van der Waals surface area contributed by atoms with Crippen LogP contribution < -0.4 is 0 Å². The molecule has 0 aliphatic carbocycles. The van der Waals surface area contributed by atoms with Crippen LogP contribution in [0.5, 0.6) is 0 Å². The normalized spacial score (nSPS) is 11.2. The average molecular weight is 345 g/mol. The van der Waals surface area contributed by atoms with Crippen LogP contribution in [0.1, 0.15) is 11.3 Å². The highest BCUT2D eigenvalue weighted by Gasteiger charge is 2.12. The predicted octanol–water partition coefficient (Wildman–Crippen LogP) is 5.62. The van der Waals surface area contributed by atoms with E-state index in [9.17, 15) is 10.1 Å². The number of pyridine rings is 1. The van der Waals surface area contributed by atoms with E-state index in [0.29, 0.717) is 21.3 Å². The lowest BCUT2D eigenvalue weighted by Crippen LogP contribution is -1.92. The second kappa shape index (κ2) is 6.36. The first-order valence-electron chi connectivity index (χ1n) is 6.72. The summed E-state index contributed by atoms with van der Waals surface area (Å²) >= 11 is 12.0. The SMILES string of the molecule is O=[N+]([O-])c1cccc2ccc(/C=C/c3ccc(Cl)cc3Cl)nc12. The molecule has 0 fully saturated rings. The quantitative estimate of drug-likeness (QED) is 0.457. The topological polar surface area (TPSA) is 56.0 Å². The van der Waals surface area contributed by atoms with E-state index in [1.165, 1.54) is 6.07 Å². The van der Waals surface area contributed by atoms with Crippen molar-refractivity contribution in [3.05, 3.63) is 79.9 Å². The van der Waals surface area contributed by atoms with Gasteiger partial charge in [-0.1, -0.05) is 53.5 Å². The fraction of sp³-hybridized carbons (Fsp3) is 0. The van der Waals surface area contributed by atoms with E-state index in [2.05, 4.69) is 4.98 Å². The molecule has 114 valence electrons. The van der Waals surface area contributed by atoms with Gasteiger partial charge in [0.25, 0.3) is 5.69 Å². The van der Waals surface area contributed by atoms with Crippen LogP contribution >= 0.6 is 23.2 Å². The highest BCUT2D eigenvalue weighted by molar-refractivity contribution is 6.35. The number of hydrogen-bond acceptors (Lipinski definition) is 3. The second-order valence-electron chi connectivity index (χ2n) is 4.84. The molecule has 0 unspecified atom stereocenters. The highest BCUT2D eigenvalue weighted by Crippen LogP contribution is 2.25. The molecule has 4 nitrogen and oxygen atoms in total. The van der Waals surface area contributed by atoms with Crippen molar-refractivity contribution in [2.24, 2.45) is 0 Å². The molecule has 0 amide bonds. The molecule has 3 aromatic rings. The van der Waals surface area contributed by atoms with E-state index in [1.54, 1.807) is 54.6 Å². The Morgan fingerprint density at radius 3 is 2.61 bits per heavy atom. The van der Waals surface area contributed by atoms with Crippen molar-refractivity contribution in [2.75, 3.05) is 0 Å². The number of rotatable bonds is 3. The number of halogens is 2. The lowest BCUT2D eigenvalue weighted by atomic mass is 10.1. The first-order valence-corrected chi connectivity index (χ1v) is 7.47. The number of hydrogen-bond donors (Lipinski definition) is 0. The zero-order chi connectivity index (χ0) is 16.4. The Hall–Kier alpha value is -2.43. The molecule has 0 spiro atoms. The highest BCUT2D eigenvalue weighted by atomic mass is 35.5. The van der Waals surface area contributed by atoms with Crippen LogP contribution in [-0.4, -0.2) is 9.91 Å². The van der Waals surface area contributed by atoms with E-state index in [-0.39, 0.29) is 5.69 Å². The average Bonchev–Trinajstić information content (AvgIpc) is 2.53. The lowest BCUT2D eigenvalue weighted by molar-refractivity contribution is -0.383. The monoisotopic (exact) mass is 344 g/mol. The number of nitro benzene ring substituents is 1. The van der Waals surface area contributed by atoms with Gasteiger partial charge in [0, 0.05) is 21.5 Å². The third-order valence-electron chi connectivity index (χ3n) is 3.31. The molecule has 3 rings (SSSR count). The summed E-state index contributed by atoms with van der Waals surface area (Å²) in [6.07, 6.45) is 3.55. The molecule has 0 aliphatic heterocycles. The molecule has 1 heterocycles. The van der Waals surface area contributed by atoms with Crippen LogP contribution in [0.3, 0.4) is 0 Å². The second-order valence-corrected chi connectivity index (χ2v) is 5.68. The van der Waals surface area contributed by atoms with Gasteiger partial charge in [0.05, 0.1) is 10.6 Å². The van der Waals surface area contributed by atoms with Crippen LogP contribution in [0, 0.1) is 10.1 Å². The third-order valence-corrected chi connectivity index (χ3v) is 3.88. The number of aromatic nitrogens is 1. The smallest absolute Gasteiger partial charge is 0.258 e. The van der Waals surface area contributed by atoms with Gasteiger partial charge < -0.3 is 0 Å². The standard InChI is InChI=1S/C17H10Cl2N2O2/c18-13-7-4-11(15(19)10-13)5-8-14-9-6-12-2-1-3-16(21(22)23)17(12)20-14/h1-10H/b8-5+. The Kier molecular flexibility index (Phi) is 4.28. The van der Waals surface area contributed by atoms with E-state index in [1.807, 2.05) is 0 Å². The summed E-state index contributed by atoms with van der Waals surface area (Å²) in [5, 5.41) is 12.9. The van der Waals surface area contributed by atoms with Crippen LogP contribution in [0.25, 0.3) is 23.1 Å². The number of nitro groups is 1. The van der Waals surface area contributed by atoms with Gasteiger partial charge in [0.1, 0.15) is 5.52 Å². The number of nitrogens with zero attached hydrogens (tertiary/aromatic N) is 2. The molecule has 0 radical (unpaired) electrons. The summed E-state index contributed by atoms with van der Waals surface area (Å²) in [6, 6.07) is 13.7. The van der Waals surface area contributed by atoms with Gasteiger partial charge in [-0.15, -0.1) is 0 Å². The Bertz CT molecular complexity index is 939. The van der Waals surface area contributed by atoms with E-state index in [0.717, 1.165) is 10.9 Å². The molecular formula is C17H10Cl2N2O2. The minimum absolute atomic E-state index is 0.0118. The van der Waals surface area contributed by atoms with Gasteiger partial charge in [-0.25, -0.2) is 4.98 Å². The van der Waals surface area contributed by atoms with Crippen LogP contribution in [0.4, 0.5) is 5.69 Å². The maximum absolute atomic E-state index is 11.1. The molecule has 0 bridgehead atoms. The summed E-state index contributed by atoms with van der Waals surface area (Å²) in [5.74, 6) is 0. The number of fused-ring (bicyclic) bond motifs is 1. The molecule has 0 N–H and O–H groups in total. The van der Waals surface area contributed by atoms with Gasteiger partial charge in [0.2, 0.25) is 0 Å². The molecular weight excluding hydrogens is 335 g/mol. The van der Waals surface area contributed by atoms with Crippen molar-refractivity contribution in [1.29, 1.82) is 0 Å². The summed E-state index contributed by atoms with van der Waals surface area (Å²) in [5.41, 5.74) is 1.75. The zero-order valence-electron chi connectivity index (χ0n) is 11.7. The molecule has 0 aliphatic rings. The largest absolute Gasteiger partial charge is 0.295 e. The maximum atomic E-state index is 11.1. The predicted molar refractivity (Wildman–Crippen MR) is 93.8 cm³/mol. The van der Waals surface area contributed by atoms with Gasteiger partial charge in [0.15, 0.2) is 0 Å². The molecule has 6 heteroatoms. The molecule has 0 saturated carbocycles. The van der Waals surface area contributed by atoms with Crippen LogP contribution in [0.15, 0.2) is 48.5 Å². The number of non-ortho nitro benzene ring substituents is 1. The van der Waals surface area contributed by atoms with Crippen molar-refractivity contribution in [2.45, 2.75) is 0 Å². The number of para-hydroxylation sites is 1. The van der Waals surface area contributed by atoms with Gasteiger partial charge >= 0.3 is 0 Å². The van der Waals surface area contributed by atoms with Gasteiger partial charge in [-0.3, -0.25) is 10.1 Å². The molecule has 0 atom stereocenters. The van der Waals surface area contributed by atoms with Crippen molar-refractivity contribution >= 4 is 51.9 Å². The summed E-state index contributed by atoms with van der Waals surface area (Å²) in [6.45, 7) is 0. The number of benzene rings is 2.